The quantitative estimate of drug-likeness (QED) is 0.716. The average molecular weight is 273 g/mol. The van der Waals surface area contributed by atoms with Crippen LogP contribution in [-0.4, -0.2) is 49.1 Å². The normalized spacial score (nSPS) is 32.4. The molecule has 19 heavy (non-hydrogen) atoms. The SMILES string of the molecule is CC1(C)NC([C@H](O)CCCOC2CCCCO2)CO1. The fourth-order valence-electron chi connectivity index (χ4n) is 2.59. The molecule has 2 rings (SSSR count). The molecule has 2 unspecified atom stereocenters. The highest BCUT2D eigenvalue weighted by molar-refractivity contribution is 4.86. The van der Waals surface area contributed by atoms with Crippen LogP contribution in [0.4, 0.5) is 0 Å². The van der Waals surface area contributed by atoms with Gasteiger partial charge in [0.05, 0.1) is 18.8 Å². The Morgan fingerprint density at radius 3 is 2.89 bits per heavy atom. The summed E-state index contributed by atoms with van der Waals surface area (Å²) in [5, 5.41) is 13.4. The lowest BCUT2D eigenvalue weighted by atomic mass is 10.1. The third kappa shape index (κ3) is 5.00. The molecule has 0 spiro atoms. The van der Waals surface area contributed by atoms with Gasteiger partial charge in [0.15, 0.2) is 6.29 Å². The maximum Gasteiger partial charge on any atom is 0.157 e. The van der Waals surface area contributed by atoms with Crippen molar-refractivity contribution in [3.05, 3.63) is 0 Å². The first-order valence-electron chi connectivity index (χ1n) is 7.40. The number of nitrogens with one attached hydrogen (secondary N) is 1. The monoisotopic (exact) mass is 273 g/mol. The first-order valence-corrected chi connectivity index (χ1v) is 7.40. The topological polar surface area (TPSA) is 60.0 Å². The molecule has 0 radical (unpaired) electrons. The Balaban J connectivity index is 1.55. The zero-order valence-corrected chi connectivity index (χ0v) is 12.1. The molecule has 2 saturated heterocycles. The number of rotatable bonds is 6. The molecular formula is C14H27NO4. The molecule has 5 heteroatoms. The second-order valence-electron chi connectivity index (χ2n) is 5.95. The maximum atomic E-state index is 10.1. The van der Waals surface area contributed by atoms with Gasteiger partial charge in [-0.15, -0.1) is 0 Å². The van der Waals surface area contributed by atoms with Crippen LogP contribution in [0.1, 0.15) is 46.0 Å². The van der Waals surface area contributed by atoms with Gasteiger partial charge in [0.2, 0.25) is 0 Å². The molecule has 112 valence electrons. The maximum absolute atomic E-state index is 10.1. The van der Waals surface area contributed by atoms with E-state index in [2.05, 4.69) is 5.32 Å². The van der Waals surface area contributed by atoms with Gasteiger partial charge in [-0.1, -0.05) is 0 Å². The smallest absolute Gasteiger partial charge is 0.157 e. The molecule has 3 atom stereocenters. The van der Waals surface area contributed by atoms with Crippen molar-refractivity contribution in [1.82, 2.24) is 5.32 Å². The molecule has 2 aliphatic heterocycles. The van der Waals surface area contributed by atoms with Gasteiger partial charge in [-0.2, -0.15) is 0 Å². The third-order valence-electron chi connectivity index (χ3n) is 3.71. The van der Waals surface area contributed by atoms with E-state index in [-0.39, 0.29) is 24.2 Å². The average Bonchev–Trinajstić information content (AvgIpc) is 2.76. The number of hydrogen-bond acceptors (Lipinski definition) is 5. The lowest BCUT2D eigenvalue weighted by Crippen LogP contribution is -2.44. The van der Waals surface area contributed by atoms with Gasteiger partial charge in [0.25, 0.3) is 0 Å². The summed E-state index contributed by atoms with van der Waals surface area (Å²) in [4.78, 5) is 0. The Morgan fingerprint density at radius 1 is 1.42 bits per heavy atom. The summed E-state index contributed by atoms with van der Waals surface area (Å²) in [5.41, 5.74) is -0.321. The van der Waals surface area contributed by atoms with Crippen molar-refractivity contribution >= 4 is 0 Å². The van der Waals surface area contributed by atoms with Crippen molar-refractivity contribution in [3.63, 3.8) is 0 Å². The van der Waals surface area contributed by atoms with Crippen molar-refractivity contribution < 1.29 is 19.3 Å². The van der Waals surface area contributed by atoms with E-state index in [0.29, 0.717) is 13.2 Å². The van der Waals surface area contributed by atoms with Crippen LogP contribution in [0.25, 0.3) is 0 Å². The van der Waals surface area contributed by atoms with Crippen molar-refractivity contribution in [2.24, 2.45) is 0 Å². The molecular weight excluding hydrogens is 246 g/mol. The molecule has 0 amide bonds. The molecule has 0 aromatic carbocycles. The van der Waals surface area contributed by atoms with E-state index in [0.717, 1.165) is 32.3 Å². The molecule has 2 heterocycles. The van der Waals surface area contributed by atoms with Gasteiger partial charge in [-0.25, -0.2) is 0 Å². The van der Waals surface area contributed by atoms with Gasteiger partial charge in [0.1, 0.15) is 5.72 Å². The minimum absolute atomic E-state index is 0.0286. The summed E-state index contributed by atoms with van der Waals surface area (Å²) in [5.74, 6) is 0. The van der Waals surface area contributed by atoms with Crippen LogP contribution >= 0.6 is 0 Å². The lowest BCUT2D eigenvalue weighted by Gasteiger charge is -2.23. The molecule has 2 aliphatic rings. The summed E-state index contributed by atoms with van der Waals surface area (Å²) in [6, 6.07) is 0.0286. The zero-order valence-electron chi connectivity index (χ0n) is 12.1. The van der Waals surface area contributed by atoms with E-state index < -0.39 is 0 Å². The summed E-state index contributed by atoms with van der Waals surface area (Å²) >= 11 is 0. The van der Waals surface area contributed by atoms with Gasteiger partial charge >= 0.3 is 0 Å². The van der Waals surface area contributed by atoms with E-state index in [9.17, 15) is 5.11 Å². The first-order chi connectivity index (χ1) is 9.07. The van der Waals surface area contributed by atoms with Crippen molar-refractivity contribution in [2.45, 2.75) is 70.1 Å². The first kappa shape index (κ1) is 15.2. The Bertz CT molecular complexity index is 266. The minimum atomic E-state index is -0.377. The molecule has 2 N–H and O–H groups in total. The predicted octanol–water partition coefficient (Wildman–Crippen LogP) is 1.40. The second kappa shape index (κ2) is 6.99. The van der Waals surface area contributed by atoms with Crippen molar-refractivity contribution in [1.29, 1.82) is 0 Å². The Kier molecular flexibility index (Phi) is 5.59. The summed E-state index contributed by atoms with van der Waals surface area (Å²) in [6.07, 6.45) is 4.49. The van der Waals surface area contributed by atoms with Gasteiger partial charge in [-0.3, -0.25) is 5.32 Å². The van der Waals surface area contributed by atoms with E-state index in [1.54, 1.807) is 0 Å². The van der Waals surface area contributed by atoms with Crippen LogP contribution in [0.3, 0.4) is 0 Å². The Hall–Kier alpha value is -0.200. The number of aliphatic hydroxyl groups is 1. The second-order valence-corrected chi connectivity index (χ2v) is 5.95. The molecule has 0 saturated carbocycles. The largest absolute Gasteiger partial charge is 0.391 e. The summed E-state index contributed by atoms with van der Waals surface area (Å²) in [7, 11) is 0. The molecule has 5 nitrogen and oxygen atoms in total. The highest BCUT2D eigenvalue weighted by Gasteiger charge is 2.34. The Labute approximate surface area is 115 Å². The minimum Gasteiger partial charge on any atom is -0.391 e. The van der Waals surface area contributed by atoms with Crippen LogP contribution < -0.4 is 5.32 Å². The summed E-state index contributed by atoms with van der Waals surface area (Å²) < 4.78 is 16.7. The fourth-order valence-corrected chi connectivity index (χ4v) is 2.59. The van der Waals surface area contributed by atoms with E-state index >= 15 is 0 Å². The molecule has 0 bridgehead atoms. The Morgan fingerprint density at radius 2 is 2.26 bits per heavy atom. The molecule has 2 fully saturated rings. The van der Waals surface area contributed by atoms with E-state index in [1.165, 1.54) is 6.42 Å². The molecule has 0 aromatic rings. The molecule has 0 aromatic heterocycles. The fraction of sp³-hybridized carbons (Fsp3) is 1.00. The highest BCUT2D eigenvalue weighted by Crippen LogP contribution is 2.19. The summed E-state index contributed by atoms with van der Waals surface area (Å²) in [6.45, 7) is 5.98. The lowest BCUT2D eigenvalue weighted by molar-refractivity contribution is -0.163. The van der Waals surface area contributed by atoms with Crippen LogP contribution in [0, 0.1) is 0 Å². The van der Waals surface area contributed by atoms with Gasteiger partial charge in [0, 0.05) is 13.2 Å². The van der Waals surface area contributed by atoms with Gasteiger partial charge in [-0.05, 0) is 46.0 Å². The highest BCUT2D eigenvalue weighted by atomic mass is 16.7. The van der Waals surface area contributed by atoms with Crippen molar-refractivity contribution in [3.8, 4) is 0 Å². The van der Waals surface area contributed by atoms with E-state index in [4.69, 9.17) is 14.2 Å². The number of hydrogen-bond donors (Lipinski definition) is 2. The molecule has 0 aliphatic carbocycles. The number of aliphatic hydroxyl groups excluding tert-OH is 1. The van der Waals surface area contributed by atoms with Crippen molar-refractivity contribution in [2.75, 3.05) is 19.8 Å². The predicted molar refractivity (Wildman–Crippen MR) is 71.7 cm³/mol. The van der Waals surface area contributed by atoms with Crippen LogP contribution in [0.2, 0.25) is 0 Å². The van der Waals surface area contributed by atoms with E-state index in [1.807, 2.05) is 13.8 Å². The number of ether oxygens (including phenoxy) is 3. The van der Waals surface area contributed by atoms with Crippen LogP contribution in [0.15, 0.2) is 0 Å². The van der Waals surface area contributed by atoms with Crippen LogP contribution in [-0.2, 0) is 14.2 Å². The third-order valence-corrected chi connectivity index (χ3v) is 3.71. The van der Waals surface area contributed by atoms with Gasteiger partial charge < -0.3 is 19.3 Å². The van der Waals surface area contributed by atoms with Crippen LogP contribution in [0.5, 0.6) is 0 Å². The standard InChI is InChI=1S/C14H27NO4/c1-14(2)15-11(10-19-14)12(16)6-5-9-18-13-7-3-4-8-17-13/h11-13,15-16H,3-10H2,1-2H3/t11?,12-,13?/m1/s1. The zero-order chi connectivity index (χ0) is 13.7.